The van der Waals surface area contributed by atoms with Crippen molar-refractivity contribution in [3.63, 3.8) is 0 Å². The third kappa shape index (κ3) is 7.98. The van der Waals surface area contributed by atoms with Crippen LogP contribution in [-0.4, -0.2) is 89.8 Å². The molecule has 4 fully saturated rings. The summed E-state index contributed by atoms with van der Waals surface area (Å²) in [7, 11) is 0. The van der Waals surface area contributed by atoms with Crippen LogP contribution in [0.3, 0.4) is 0 Å². The Balaban J connectivity index is 1.05. The van der Waals surface area contributed by atoms with Crippen LogP contribution in [0.4, 0.5) is 0 Å². The van der Waals surface area contributed by atoms with E-state index in [2.05, 4.69) is 46.6 Å². The molecule has 3 N–H and O–H groups in total. The van der Waals surface area contributed by atoms with Gasteiger partial charge in [0.05, 0.1) is 5.41 Å². The molecule has 1 aliphatic carbocycles. The van der Waals surface area contributed by atoms with Crippen molar-refractivity contribution in [3.05, 3.63) is 108 Å². The molecular formula is C44H57N5O3. The Kier molecular flexibility index (Phi) is 11.7. The van der Waals surface area contributed by atoms with Gasteiger partial charge >= 0.3 is 0 Å². The van der Waals surface area contributed by atoms with Gasteiger partial charge in [0.25, 0.3) is 0 Å². The fourth-order valence-electron chi connectivity index (χ4n) is 9.76. The van der Waals surface area contributed by atoms with Crippen molar-refractivity contribution in [3.8, 4) is 0 Å². The molecule has 0 aromatic heterocycles. The average molecular weight is 704 g/mol. The molecule has 8 heteroatoms. The molecule has 0 spiro atoms. The van der Waals surface area contributed by atoms with Crippen LogP contribution in [0.1, 0.15) is 87.3 Å². The van der Waals surface area contributed by atoms with Crippen LogP contribution >= 0.6 is 0 Å². The highest BCUT2D eigenvalue weighted by atomic mass is 16.2. The minimum absolute atomic E-state index is 0.0633. The first-order valence-electron chi connectivity index (χ1n) is 19.9. The van der Waals surface area contributed by atoms with E-state index in [0.29, 0.717) is 38.4 Å². The van der Waals surface area contributed by atoms with Gasteiger partial charge in [0.2, 0.25) is 17.7 Å². The van der Waals surface area contributed by atoms with Crippen LogP contribution in [0.15, 0.2) is 91.0 Å². The number of nitrogens with zero attached hydrogens (tertiary/aromatic N) is 3. The van der Waals surface area contributed by atoms with E-state index < -0.39 is 17.5 Å². The normalized spacial score (nSPS) is 24.6. The number of carbonyl (C=O) groups excluding carboxylic acids is 3. The van der Waals surface area contributed by atoms with Crippen molar-refractivity contribution in [1.82, 2.24) is 20.0 Å². The van der Waals surface area contributed by atoms with E-state index in [4.69, 9.17) is 5.73 Å². The predicted octanol–water partition coefficient (Wildman–Crippen LogP) is 5.74. The van der Waals surface area contributed by atoms with Gasteiger partial charge in [0, 0.05) is 45.2 Å². The van der Waals surface area contributed by atoms with E-state index in [1.54, 1.807) is 9.80 Å². The monoisotopic (exact) mass is 703 g/mol. The van der Waals surface area contributed by atoms with E-state index in [1.165, 1.54) is 45.1 Å². The van der Waals surface area contributed by atoms with Gasteiger partial charge < -0.3 is 25.8 Å². The third-order valence-corrected chi connectivity index (χ3v) is 12.4. The number of nitrogens with two attached hydrogens (primary N) is 1. The van der Waals surface area contributed by atoms with Gasteiger partial charge in [0.15, 0.2) is 0 Å². The lowest BCUT2D eigenvalue weighted by molar-refractivity contribution is -0.146. The molecule has 4 atom stereocenters. The number of piperidine rings is 1. The molecular weight excluding hydrogens is 647 g/mol. The fraction of sp³-hybridized carbons (Fsp3) is 0.523. The second-order valence-electron chi connectivity index (χ2n) is 15.9. The molecule has 0 radical (unpaired) electrons. The summed E-state index contributed by atoms with van der Waals surface area (Å²) >= 11 is 0. The molecule has 0 unspecified atom stereocenters. The number of benzene rings is 3. The van der Waals surface area contributed by atoms with E-state index in [-0.39, 0.29) is 30.2 Å². The zero-order chi connectivity index (χ0) is 35.9. The SMILES string of the molecule is N[C@H]1C[C@@H](C(=O)N2CCC[C@@H]2C(=O)NC[C@H]2CCCN(CC3CCCCC3)C2)N(C(=O)CC(c2ccccc2)(c2ccccc2)c2ccccc2)C1. The summed E-state index contributed by atoms with van der Waals surface area (Å²) in [6.45, 7) is 4.87. The van der Waals surface area contributed by atoms with E-state index in [9.17, 15) is 14.4 Å². The molecule has 276 valence electrons. The molecule has 3 aromatic rings. The number of rotatable bonds is 11. The van der Waals surface area contributed by atoms with E-state index in [1.807, 2.05) is 54.6 Å². The van der Waals surface area contributed by atoms with Crippen LogP contribution in [-0.2, 0) is 19.8 Å². The van der Waals surface area contributed by atoms with Crippen LogP contribution in [0, 0.1) is 11.8 Å². The van der Waals surface area contributed by atoms with Crippen molar-refractivity contribution < 1.29 is 14.4 Å². The molecule has 3 amide bonds. The van der Waals surface area contributed by atoms with Gasteiger partial charge in [-0.3, -0.25) is 14.4 Å². The number of hydrogen-bond donors (Lipinski definition) is 2. The molecule has 52 heavy (non-hydrogen) atoms. The zero-order valence-electron chi connectivity index (χ0n) is 30.7. The fourth-order valence-corrected chi connectivity index (χ4v) is 9.76. The predicted molar refractivity (Wildman–Crippen MR) is 205 cm³/mol. The van der Waals surface area contributed by atoms with Gasteiger partial charge in [-0.2, -0.15) is 0 Å². The second kappa shape index (κ2) is 16.8. The maximum atomic E-state index is 14.7. The number of carbonyl (C=O) groups is 3. The Bertz CT molecular complexity index is 1530. The van der Waals surface area contributed by atoms with Crippen molar-refractivity contribution in [2.24, 2.45) is 17.6 Å². The molecule has 3 heterocycles. The zero-order valence-corrected chi connectivity index (χ0v) is 30.7. The molecule has 3 saturated heterocycles. The minimum atomic E-state index is -0.775. The topological polar surface area (TPSA) is 99.0 Å². The van der Waals surface area contributed by atoms with Crippen molar-refractivity contribution >= 4 is 17.7 Å². The Hall–Kier alpha value is -4.01. The minimum Gasteiger partial charge on any atom is -0.354 e. The smallest absolute Gasteiger partial charge is 0.246 e. The van der Waals surface area contributed by atoms with Gasteiger partial charge in [-0.25, -0.2) is 0 Å². The quantitative estimate of drug-likeness (QED) is 0.249. The molecule has 4 aliphatic rings. The highest BCUT2D eigenvalue weighted by Crippen LogP contribution is 2.43. The van der Waals surface area contributed by atoms with Gasteiger partial charge in [0.1, 0.15) is 12.1 Å². The Labute approximate surface area is 310 Å². The average Bonchev–Trinajstić information content (AvgIpc) is 3.85. The largest absolute Gasteiger partial charge is 0.354 e. The highest BCUT2D eigenvalue weighted by molar-refractivity contribution is 5.93. The molecule has 1 saturated carbocycles. The third-order valence-electron chi connectivity index (χ3n) is 12.4. The lowest BCUT2D eigenvalue weighted by atomic mass is 9.67. The lowest BCUT2D eigenvalue weighted by Crippen LogP contribution is -2.54. The number of nitrogens with one attached hydrogen (secondary N) is 1. The van der Waals surface area contributed by atoms with Crippen LogP contribution in [0.2, 0.25) is 0 Å². The summed E-state index contributed by atoms with van der Waals surface area (Å²) in [5.41, 5.74) is 8.80. The number of amides is 3. The summed E-state index contributed by atoms with van der Waals surface area (Å²) < 4.78 is 0. The van der Waals surface area contributed by atoms with E-state index >= 15 is 0 Å². The van der Waals surface area contributed by atoms with E-state index in [0.717, 1.165) is 48.5 Å². The summed E-state index contributed by atoms with van der Waals surface area (Å²) in [6.07, 6.45) is 11.1. The molecule has 0 bridgehead atoms. The van der Waals surface area contributed by atoms with Crippen molar-refractivity contribution in [1.29, 1.82) is 0 Å². The summed E-state index contributed by atoms with van der Waals surface area (Å²) in [6, 6.07) is 29.0. The van der Waals surface area contributed by atoms with Crippen molar-refractivity contribution in [2.75, 3.05) is 39.3 Å². The first-order valence-corrected chi connectivity index (χ1v) is 19.9. The van der Waals surface area contributed by atoms with Gasteiger partial charge in [-0.05, 0) is 80.0 Å². The maximum absolute atomic E-state index is 14.7. The maximum Gasteiger partial charge on any atom is 0.246 e. The Morgan fingerprint density at radius 1 is 0.654 bits per heavy atom. The van der Waals surface area contributed by atoms with Gasteiger partial charge in [-0.1, -0.05) is 110 Å². The van der Waals surface area contributed by atoms with Crippen LogP contribution < -0.4 is 11.1 Å². The van der Waals surface area contributed by atoms with Crippen molar-refractivity contribution in [2.45, 2.75) is 94.2 Å². The molecule has 3 aromatic carbocycles. The summed E-state index contributed by atoms with van der Waals surface area (Å²) in [5, 5.41) is 3.26. The highest BCUT2D eigenvalue weighted by Gasteiger charge is 2.47. The van der Waals surface area contributed by atoms with Crippen LogP contribution in [0.25, 0.3) is 0 Å². The Morgan fingerprint density at radius 3 is 1.85 bits per heavy atom. The van der Waals surface area contributed by atoms with Crippen LogP contribution in [0.5, 0.6) is 0 Å². The summed E-state index contributed by atoms with van der Waals surface area (Å²) in [4.78, 5) is 49.0. The second-order valence-corrected chi connectivity index (χ2v) is 15.9. The number of hydrogen-bond acceptors (Lipinski definition) is 5. The van der Waals surface area contributed by atoms with Gasteiger partial charge in [-0.15, -0.1) is 0 Å². The molecule has 7 rings (SSSR count). The first-order chi connectivity index (χ1) is 25.4. The Morgan fingerprint density at radius 2 is 1.23 bits per heavy atom. The standard InChI is InChI=1S/C44H57N5O3/c45-38-27-40(43(52)48-26-14-24-39(48)42(51)46-29-34-17-13-25-47(31-34)30-33-15-5-1-6-16-33)49(32-38)41(50)28-44(35-18-7-2-8-19-35,36-20-9-3-10-21-36)37-22-11-4-12-23-37/h2-4,7-12,18-23,33-34,38-40H,1,5-6,13-17,24-32,45H2,(H,46,51)/t34-,38+,39-,40+/m1/s1. The summed E-state index contributed by atoms with van der Waals surface area (Å²) in [5.74, 6) is 0.929. The molecule has 3 aliphatic heterocycles. The number of likely N-dealkylation sites (tertiary alicyclic amines) is 3. The first kappa shape index (κ1) is 36.4. The molecule has 8 nitrogen and oxygen atoms in total. The lowest BCUT2D eigenvalue weighted by Gasteiger charge is -2.38.